The van der Waals surface area contributed by atoms with E-state index >= 15 is 0 Å². The van der Waals surface area contributed by atoms with Crippen LogP contribution in [0.1, 0.15) is 26.3 Å². The molecule has 1 fully saturated rings. The van der Waals surface area contributed by atoms with Crippen molar-refractivity contribution in [2.24, 2.45) is 0 Å². The first-order valence-electron chi connectivity index (χ1n) is 7.42. The molecule has 5 nitrogen and oxygen atoms in total. The summed E-state index contributed by atoms with van der Waals surface area (Å²) < 4.78 is 24.9. The van der Waals surface area contributed by atoms with Crippen molar-refractivity contribution in [1.82, 2.24) is 4.90 Å². The molecule has 1 aliphatic heterocycles. The molecule has 1 saturated heterocycles. The van der Waals surface area contributed by atoms with E-state index in [4.69, 9.17) is 9.47 Å². The van der Waals surface area contributed by atoms with Gasteiger partial charge in [-0.1, -0.05) is 12.1 Å². The van der Waals surface area contributed by atoms with Gasteiger partial charge in [0.05, 0.1) is 18.9 Å². The second-order valence-corrected chi connectivity index (χ2v) is 6.29. The molecule has 2 rings (SSSR count). The van der Waals surface area contributed by atoms with Gasteiger partial charge in [0.2, 0.25) is 0 Å². The van der Waals surface area contributed by atoms with E-state index in [0.717, 1.165) is 13.1 Å². The van der Waals surface area contributed by atoms with Crippen molar-refractivity contribution < 1.29 is 18.7 Å². The van der Waals surface area contributed by atoms with Crippen molar-refractivity contribution in [3.05, 3.63) is 29.6 Å². The summed E-state index contributed by atoms with van der Waals surface area (Å²) in [5.41, 5.74) is 0.0712. The van der Waals surface area contributed by atoms with Gasteiger partial charge < -0.3 is 9.47 Å². The third kappa shape index (κ3) is 4.96. The molecule has 1 aromatic carbocycles. The van der Waals surface area contributed by atoms with Gasteiger partial charge in [0.1, 0.15) is 5.60 Å². The van der Waals surface area contributed by atoms with E-state index in [1.54, 1.807) is 32.9 Å². The van der Waals surface area contributed by atoms with Crippen molar-refractivity contribution in [3.63, 3.8) is 0 Å². The van der Waals surface area contributed by atoms with Gasteiger partial charge >= 0.3 is 6.09 Å². The lowest BCUT2D eigenvalue weighted by Gasteiger charge is -2.27. The van der Waals surface area contributed by atoms with Crippen LogP contribution in [0.5, 0.6) is 0 Å². The Morgan fingerprint density at radius 3 is 2.68 bits per heavy atom. The Bertz CT molecular complexity index is 523. The van der Waals surface area contributed by atoms with E-state index < -0.39 is 17.5 Å². The topological polar surface area (TPSA) is 50.8 Å². The summed E-state index contributed by atoms with van der Waals surface area (Å²) >= 11 is 0. The maximum atomic E-state index is 14.5. The van der Waals surface area contributed by atoms with Gasteiger partial charge in [-0.2, -0.15) is 0 Å². The van der Waals surface area contributed by atoms with Gasteiger partial charge in [0.15, 0.2) is 5.82 Å². The Balaban J connectivity index is 2.03. The molecular formula is C16H23FN2O3. The Morgan fingerprint density at radius 2 is 2.05 bits per heavy atom. The molecule has 0 aliphatic carbocycles. The van der Waals surface area contributed by atoms with Gasteiger partial charge in [-0.05, 0) is 26.8 Å². The Labute approximate surface area is 130 Å². The SMILES string of the molecule is CC(C)(C)OC(=O)Nc1cccc(CN2CCOCC2)c1F. The number of halogens is 1. The molecule has 1 amide bonds. The third-order valence-electron chi connectivity index (χ3n) is 3.21. The van der Waals surface area contributed by atoms with E-state index in [1.165, 1.54) is 6.07 Å². The number of anilines is 1. The van der Waals surface area contributed by atoms with Crippen molar-refractivity contribution in [2.75, 3.05) is 31.6 Å². The molecule has 0 unspecified atom stereocenters. The molecular weight excluding hydrogens is 287 g/mol. The van der Waals surface area contributed by atoms with E-state index in [1.807, 2.05) is 0 Å². The minimum absolute atomic E-state index is 0.139. The Hall–Kier alpha value is -1.66. The zero-order chi connectivity index (χ0) is 16.2. The molecule has 0 atom stereocenters. The van der Waals surface area contributed by atoms with Crippen LogP contribution < -0.4 is 5.32 Å². The van der Waals surface area contributed by atoms with Gasteiger partial charge in [-0.15, -0.1) is 0 Å². The molecule has 122 valence electrons. The Kier molecular flexibility index (Phi) is 5.37. The molecule has 0 bridgehead atoms. The van der Waals surface area contributed by atoms with E-state index in [9.17, 15) is 9.18 Å². The van der Waals surface area contributed by atoms with E-state index in [-0.39, 0.29) is 5.69 Å². The van der Waals surface area contributed by atoms with Gasteiger partial charge in [-0.3, -0.25) is 10.2 Å². The lowest BCUT2D eigenvalue weighted by Crippen LogP contribution is -2.36. The zero-order valence-corrected chi connectivity index (χ0v) is 13.3. The molecule has 0 spiro atoms. The third-order valence-corrected chi connectivity index (χ3v) is 3.21. The monoisotopic (exact) mass is 310 g/mol. The largest absolute Gasteiger partial charge is 0.444 e. The zero-order valence-electron chi connectivity index (χ0n) is 13.3. The van der Waals surface area contributed by atoms with Crippen molar-refractivity contribution >= 4 is 11.8 Å². The highest BCUT2D eigenvalue weighted by atomic mass is 19.1. The van der Waals surface area contributed by atoms with Crippen molar-refractivity contribution in [1.29, 1.82) is 0 Å². The molecule has 1 aromatic rings. The standard InChI is InChI=1S/C16H23FN2O3/c1-16(2,3)22-15(20)18-13-6-4-5-12(14(13)17)11-19-7-9-21-10-8-19/h4-6H,7-11H2,1-3H3,(H,18,20). The number of benzene rings is 1. The fourth-order valence-electron chi connectivity index (χ4n) is 2.21. The van der Waals surface area contributed by atoms with Crippen LogP contribution >= 0.6 is 0 Å². The molecule has 1 aliphatic rings. The predicted molar refractivity (Wildman–Crippen MR) is 82.4 cm³/mol. The highest BCUT2D eigenvalue weighted by molar-refractivity contribution is 5.85. The molecule has 0 saturated carbocycles. The number of ether oxygens (including phenoxy) is 2. The van der Waals surface area contributed by atoms with Crippen LogP contribution in [0.4, 0.5) is 14.9 Å². The second kappa shape index (κ2) is 7.07. The number of morpholine rings is 1. The number of nitrogens with zero attached hydrogens (tertiary/aromatic N) is 1. The van der Waals surface area contributed by atoms with Crippen LogP contribution in [0, 0.1) is 5.82 Å². The van der Waals surface area contributed by atoms with Crippen LogP contribution in [-0.4, -0.2) is 42.9 Å². The van der Waals surface area contributed by atoms with Crippen molar-refractivity contribution in [2.45, 2.75) is 32.9 Å². The number of carbonyl (C=O) groups is 1. The van der Waals surface area contributed by atoms with Crippen LogP contribution in [0.2, 0.25) is 0 Å². The summed E-state index contributed by atoms with van der Waals surface area (Å²) in [6.07, 6.45) is -0.657. The number of amides is 1. The van der Waals surface area contributed by atoms with Crippen LogP contribution in [0.3, 0.4) is 0 Å². The number of carbonyl (C=O) groups excluding carboxylic acids is 1. The number of hydrogen-bond acceptors (Lipinski definition) is 4. The summed E-state index contributed by atoms with van der Waals surface area (Å²) in [6.45, 7) is 8.67. The highest BCUT2D eigenvalue weighted by Crippen LogP contribution is 2.21. The number of rotatable bonds is 3. The van der Waals surface area contributed by atoms with Crippen LogP contribution in [0.25, 0.3) is 0 Å². The van der Waals surface area contributed by atoms with Gasteiger partial charge in [-0.25, -0.2) is 9.18 Å². The van der Waals surface area contributed by atoms with E-state index in [2.05, 4.69) is 10.2 Å². The predicted octanol–water partition coefficient (Wildman–Crippen LogP) is 3.00. The van der Waals surface area contributed by atoms with Crippen molar-refractivity contribution in [3.8, 4) is 0 Å². The fourth-order valence-corrected chi connectivity index (χ4v) is 2.21. The summed E-state index contributed by atoms with van der Waals surface area (Å²) in [5, 5.41) is 2.47. The first kappa shape index (κ1) is 16.7. The smallest absolute Gasteiger partial charge is 0.412 e. The molecule has 1 N–H and O–H groups in total. The minimum atomic E-state index is -0.657. The lowest BCUT2D eigenvalue weighted by molar-refractivity contribution is 0.0337. The maximum absolute atomic E-state index is 14.5. The maximum Gasteiger partial charge on any atom is 0.412 e. The van der Waals surface area contributed by atoms with Crippen LogP contribution in [0.15, 0.2) is 18.2 Å². The molecule has 22 heavy (non-hydrogen) atoms. The van der Waals surface area contributed by atoms with E-state index in [0.29, 0.717) is 25.3 Å². The minimum Gasteiger partial charge on any atom is -0.444 e. The number of hydrogen-bond donors (Lipinski definition) is 1. The first-order chi connectivity index (χ1) is 10.3. The highest BCUT2D eigenvalue weighted by Gasteiger charge is 2.19. The normalized spacial score (nSPS) is 16.4. The summed E-state index contributed by atoms with van der Waals surface area (Å²) in [5.74, 6) is -0.417. The summed E-state index contributed by atoms with van der Waals surface area (Å²) in [6, 6.07) is 4.98. The first-order valence-corrected chi connectivity index (χ1v) is 7.42. The lowest BCUT2D eigenvalue weighted by atomic mass is 10.1. The second-order valence-electron chi connectivity index (χ2n) is 6.29. The molecule has 0 aromatic heterocycles. The quantitative estimate of drug-likeness (QED) is 0.932. The van der Waals surface area contributed by atoms with Gasteiger partial charge in [0, 0.05) is 25.2 Å². The van der Waals surface area contributed by atoms with Crippen LogP contribution in [-0.2, 0) is 16.0 Å². The molecule has 0 radical (unpaired) electrons. The summed E-state index contributed by atoms with van der Waals surface area (Å²) in [4.78, 5) is 13.9. The Morgan fingerprint density at radius 1 is 1.36 bits per heavy atom. The summed E-state index contributed by atoms with van der Waals surface area (Å²) in [7, 11) is 0. The number of nitrogens with one attached hydrogen (secondary N) is 1. The molecule has 6 heteroatoms. The average Bonchev–Trinajstić information content (AvgIpc) is 2.42. The van der Waals surface area contributed by atoms with Gasteiger partial charge in [0.25, 0.3) is 0 Å². The molecule has 1 heterocycles. The fraction of sp³-hybridized carbons (Fsp3) is 0.562. The average molecular weight is 310 g/mol.